The van der Waals surface area contributed by atoms with Gasteiger partial charge in [0.05, 0.1) is 30.9 Å². The third-order valence-electron chi connectivity index (χ3n) is 6.18. The summed E-state index contributed by atoms with van der Waals surface area (Å²) in [6, 6.07) is 7.64. The Morgan fingerprint density at radius 2 is 1.73 bits per heavy atom. The molecule has 0 unspecified atom stereocenters. The van der Waals surface area contributed by atoms with E-state index >= 15 is 4.39 Å². The number of hydrogen-bond acceptors (Lipinski definition) is 4. The molecule has 5 nitrogen and oxygen atoms in total. The standard InChI is InChI=1S/C27H35FN2O3/c1-9-32-21-14-19-22(23(28)24(21)33-10-2)25(29)30(27(19,7)8)15-20(31)17-11-16(3)12-18(13-17)26(4,5)6/h11-14,29H,9-10,15H2,1-8H3. The second-order valence-electron chi connectivity index (χ2n) is 10.1. The maximum absolute atomic E-state index is 15.6. The summed E-state index contributed by atoms with van der Waals surface area (Å²) in [5.74, 6) is -0.409. The summed E-state index contributed by atoms with van der Waals surface area (Å²) in [7, 11) is 0. The predicted octanol–water partition coefficient (Wildman–Crippen LogP) is 5.99. The number of halogens is 1. The van der Waals surface area contributed by atoms with Crippen LogP contribution in [0.3, 0.4) is 0 Å². The Hall–Kier alpha value is -2.89. The number of ether oxygens (including phenoxy) is 2. The molecule has 0 radical (unpaired) electrons. The molecule has 1 aliphatic rings. The smallest absolute Gasteiger partial charge is 0.197 e. The van der Waals surface area contributed by atoms with Crippen molar-refractivity contribution in [1.29, 1.82) is 5.41 Å². The Morgan fingerprint density at radius 1 is 1.09 bits per heavy atom. The van der Waals surface area contributed by atoms with E-state index in [0.29, 0.717) is 23.5 Å². The van der Waals surface area contributed by atoms with Gasteiger partial charge in [0.1, 0.15) is 5.84 Å². The maximum atomic E-state index is 15.6. The molecule has 0 atom stereocenters. The zero-order valence-corrected chi connectivity index (χ0v) is 21.0. The van der Waals surface area contributed by atoms with E-state index in [4.69, 9.17) is 14.9 Å². The molecule has 0 aliphatic carbocycles. The third-order valence-corrected chi connectivity index (χ3v) is 6.18. The fourth-order valence-electron chi connectivity index (χ4n) is 4.31. The number of benzene rings is 2. The van der Waals surface area contributed by atoms with Gasteiger partial charge in [-0.2, -0.15) is 0 Å². The van der Waals surface area contributed by atoms with Crippen molar-refractivity contribution in [1.82, 2.24) is 4.90 Å². The molecule has 0 amide bonds. The van der Waals surface area contributed by atoms with Crippen LogP contribution in [0.25, 0.3) is 0 Å². The van der Waals surface area contributed by atoms with Crippen LogP contribution < -0.4 is 9.47 Å². The number of fused-ring (bicyclic) bond motifs is 1. The Balaban J connectivity index is 2.02. The monoisotopic (exact) mass is 454 g/mol. The number of rotatable bonds is 7. The topological polar surface area (TPSA) is 62.6 Å². The van der Waals surface area contributed by atoms with Crippen molar-refractivity contribution in [3.8, 4) is 11.5 Å². The molecule has 33 heavy (non-hydrogen) atoms. The highest BCUT2D eigenvalue weighted by molar-refractivity contribution is 6.07. The Labute approximate surface area is 196 Å². The van der Waals surface area contributed by atoms with Gasteiger partial charge < -0.3 is 14.4 Å². The highest BCUT2D eigenvalue weighted by Crippen LogP contribution is 2.46. The minimum atomic E-state index is -0.768. The van der Waals surface area contributed by atoms with Crippen LogP contribution in [-0.2, 0) is 11.0 Å². The molecule has 1 heterocycles. The number of nitrogens with one attached hydrogen (secondary N) is 1. The van der Waals surface area contributed by atoms with Crippen molar-refractivity contribution < 1.29 is 18.7 Å². The molecule has 6 heteroatoms. The molecule has 178 valence electrons. The van der Waals surface area contributed by atoms with E-state index in [1.165, 1.54) is 0 Å². The first-order chi connectivity index (χ1) is 15.3. The van der Waals surface area contributed by atoms with E-state index in [2.05, 4.69) is 26.8 Å². The van der Waals surface area contributed by atoms with Gasteiger partial charge in [0.2, 0.25) is 0 Å². The van der Waals surface area contributed by atoms with Crippen molar-refractivity contribution in [3.63, 3.8) is 0 Å². The lowest BCUT2D eigenvalue weighted by molar-refractivity contribution is 0.0920. The summed E-state index contributed by atoms with van der Waals surface area (Å²) in [6.07, 6.45) is 0. The zero-order chi connectivity index (χ0) is 24.7. The average Bonchev–Trinajstić information content (AvgIpc) is 2.90. The van der Waals surface area contributed by atoms with Crippen molar-refractivity contribution in [2.24, 2.45) is 0 Å². The summed E-state index contributed by atoms with van der Waals surface area (Å²) in [5, 5.41) is 8.76. The molecule has 0 spiro atoms. The first-order valence-corrected chi connectivity index (χ1v) is 11.5. The number of aryl methyl sites for hydroxylation is 1. The molecule has 1 N–H and O–H groups in total. The summed E-state index contributed by atoms with van der Waals surface area (Å²) < 4.78 is 26.7. The Bertz CT molecular complexity index is 1100. The van der Waals surface area contributed by atoms with Gasteiger partial charge in [-0.25, -0.2) is 4.39 Å². The van der Waals surface area contributed by atoms with Crippen LogP contribution in [-0.4, -0.2) is 36.3 Å². The first-order valence-electron chi connectivity index (χ1n) is 11.5. The number of amidine groups is 1. The molecular formula is C27H35FN2O3. The predicted molar refractivity (Wildman–Crippen MR) is 130 cm³/mol. The van der Waals surface area contributed by atoms with Crippen molar-refractivity contribution in [2.45, 2.75) is 66.3 Å². The van der Waals surface area contributed by atoms with Gasteiger partial charge in [0.25, 0.3) is 0 Å². The minimum absolute atomic E-state index is 0.0142. The fraction of sp³-hybridized carbons (Fsp3) is 0.481. The van der Waals surface area contributed by atoms with Gasteiger partial charge in [0.15, 0.2) is 23.1 Å². The van der Waals surface area contributed by atoms with E-state index in [0.717, 1.165) is 11.1 Å². The molecule has 0 fully saturated rings. The number of Topliss-reactive ketones (excluding diaryl/α,β-unsaturated/α-hetero) is 1. The van der Waals surface area contributed by atoms with Gasteiger partial charge in [-0.15, -0.1) is 0 Å². The van der Waals surface area contributed by atoms with E-state index in [1.807, 2.05) is 39.8 Å². The van der Waals surface area contributed by atoms with Crippen molar-refractivity contribution in [2.75, 3.05) is 19.8 Å². The van der Waals surface area contributed by atoms with Crippen molar-refractivity contribution >= 4 is 11.6 Å². The zero-order valence-electron chi connectivity index (χ0n) is 21.0. The van der Waals surface area contributed by atoms with Crippen LogP contribution in [0.15, 0.2) is 24.3 Å². The van der Waals surface area contributed by atoms with Gasteiger partial charge in [-0.05, 0) is 69.4 Å². The number of ketones is 1. The highest BCUT2D eigenvalue weighted by atomic mass is 19.1. The van der Waals surface area contributed by atoms with Gasteiger partial charge in [-0.3, -0.25) is 10.2 Å². The molecule has 0 saturated carbocycles. The second kappa shape index (κ2) is 8.81. The van der Waals surface area contributed by atoms with Gasteiger partial charge in [-0.1, -0.05) is 32.4 Å². The molecule has 1 aliphatic heterocycles. The number of carbonyl (C=O) groups is 1. The first kappa shape index (κ1) is 24.7. The summed E-state index contributed by atoms with van der Waals surface area (Å²) in [4.78, 5) is 15.0. The molecule has 2 aromatic rings. The number of hydrogen-bond donors (Lipinski definition) is 1. The van der Waals surface area contributed by atoms with E-state index in [1.54, 1.807) is 17.9 Å². The lowest BCUT2D eigenvalue weighted by Crippen LogP contribution is -2.42. The average molecular weight is 455 g/mol. The fourth-order valence-corrected chi connectivity index (χ4v) is 4.31. The summed E-state index contributed by atoms with van der Waals surface area (Å²) in [6.45, 7) is 16.3. The van der Waals surface area contributed by atoms with Crippen LogP contribution in [0.4, 0.5) is 4.39 Å². The van der Waals surface area contributed by atoms with E-state index < -0.39 is 11.4 Å². The van der Waals surface area contributed by atoms with Crippen LogP contribution >= 0.6 is 0 Å². The molecule has 0 saturated heterocycles. The quantitative estimate of drug-likeness (QED) is 0.522. The molecule has 0 bridgehead atoms. The lowest BCUT2D eigenvalue weighted by Gasteiger charge is -2.33. The molecule has 2 aromatic carbocycles. The Morgan fingerprint density at radius 3 is 2.30 bits per heavy atom. The third kappa shape index (κ3) is 4.48. The van der Waals surface area contributed by atoms with E-state index in [9.17, 15) is 4.79 Å². The largest absolute Gasteiger partial charge is 0.490 e. The summed E-state index contributed by atoms with van der Waals surface area (Å²) in [5.41, 5.74) is 2.62. The van der Waals surface area contributed by atoms with Crippen LogP contribution in [0.5, 0.6) is 11.5 Å². The van der Waals surface area contributed by atoms with Crippen molar-refractivity contribution in [3.05, 3.63) is 57.9 Å². The SMILES string of the molecule is CCOc1cc2c(c(F)c1OCC)C(=N)N(CC(=O)c1cc(C)cc(C(C)(C)C)c1)C2(C)C. The lowest BCUT2D eigenvalue weighted by atomic mass is 9.84. The Kier molecular flexibility index (Phi) is 6.60. The van der Waals surface area contributed by atoms with Gasteiger partial charge in [0, 0.05) is 5.56 Å². The minimum Gasteiger partial charge on any atom is -0.490 e. The maximum Gasteiger partial charge on any atom is 0.197 e. The normalized spacial score (nSPS) is 14.9. The molecule has 3 rings (SSSR count). The van der Waals surface area contributed by atoms with E-state index in [-0.39, 0.29) is 41.5 Å². The number of carbonyl (C=O) groups excluding carboxylic acids is 1. The second-order valence-corrected chi connectivity index (χ2v) is 10.1. The van der Waals surface area contributed by atoms with Crippen LogP contribution in [0.1, 0.15) is 81.1 Å². The molecular weight excluding hydrogens is 419 g/mol. The number of nitrogens with zero attached hydrogens (tertiary/aromatic N) is 1. The van der Waals surface area contributed by atoms with Gasteiger partial charge >= 0.3 is 0 Å². The summed E-state index contributed by atoms with van der Waals surface area (Å²) >= 11 is 0. The van der Waals surface area contributed by atoms with Crippen LogP contribution in [0, 0.1) is 18.2 Å². The highest BCUT2D eigenvalue weighted by Gasteiger charge is 2.45. The molecule has 0 aromatic heterocycles. The van der Waals surface area contributed by atoms with Crippen LogP contribution in [0.2, 0.25) is 0 Å².